The lowest BCUT2D eigenvalue weighted by atomic mass is 9.99. The fraction of sp³-hybridized carbons (Fsp3) is 0.421. The van der Waals surface area contributed by atoms with E-state index in [0.717, 1.165) is 25.1 Å². The number of nitrogens with zero attached hydrogens (tertiary/aromatic N) is 3. The second-order valence-electron chi connectivity index (χ2n) is 5.93. The number of aromatic nitrogens is 3. The third-order valence-electron chi connectivity index (χ3n) is 3.90. The van der Waals surface area contributed by atoms with E-state index >= 15 is 0 Å². The fourth-order valence-corrected chi connectivity index (χ4v) is 2.63. The van der Waals surface area contributed by atoms with Crippen molar-refractivity contribution in [2.75, 3.05) is 6.61 Å². The molecule has 0 N–H and O–H groups in total. The summed E-state index contributed by atoms with van der Waals surface area (Å²) >= 11 is 0. The number of carbonyl (C=O) groups is 1. The lowest BCUT2D eigenvalue weighted by Gasteiger charge is -2.15. The van der Waals surface area contributed by atoms with Crippen LogP contribution < -0.4 is 0 Å². The molecule has 0 aliphatic carbocycles. The van der Waals surface area contributed by atoms with Crippen LogP contribution in [0.2, 0.25) is 0 Å². The Labute approximate surface area is 155 Å². The average molecular weight is 381 g/mol. The third kappa shape index (κ3) is 4.75. The topological polar surface area (TPSA) is 56.5 Å². The summed E-state index contributed by atoms with van der Waals surface area (Å²) in [5, 5.41) is 3.71. The van der Waals surface area contributed by atoms with Gasteiger partial charge < -0.3 is 4.74 Å². The Bertz CT molecular complexity index is 841. The maximum absolute atomic E-state index is 13.6. The molecule has 0 radical (unpaired) electrons. The molecule has 2 aromatic rings. The van der Waals surface area contributed by atoms with Gasteiger partial charge in [-0.15, -0.1) is 6.58 Å². The van der Waals surface area contributed by atoms with Crippen molar-refractivity contribution in [2.24, 2.45) is 0 Å². The molecule has 2 heterocycles. The Morgan fingerprint density at radius 1 is 1.41 bits per heavy atom. The summed E-state index contributed by atoms with van der Waals surface area (Å²) < 4.78 is 46.2. The van der Waals surface area contributed by atoms with Gasteiger partial charge in [-0.3, -0.25) is 0 Å². The molecule has 2 rings (SSSR count). The number of hydrogen-bond acceptors (Lipinski definition) is 4. The summed E-state index contributed by atoms with van der Waals surface area (Å²) in [7, 11) is 0. The van der Waals surface area contributed by atoms with Crippen LogP contribution in [0, 0.1) is 0 Å². The van der Waals surface area contributed by atoms with Gasteiger partial charge in [-0.2, -0.15) is 18.3 Å². The van der Waals surface area contributed by atoms with Gasteiger partial charge in [0, 0.05) is 5.92 Å². The van der Waals surface area contributed by atoms with Crippen molar-refractivity contribution in [3.8, 4) is 0 Å². The fourth-order valence-electron chi connectivity index (χ4n) is 2.63. The predicted octanol–water partition coefficient (Wildman–Crippen LogP) is 4.94. The standard InChI is InChI=1S/C19H22F3N3O2/c1-4-7-8-10-13(9-5-2)15-11-16(19(20,21)22)25-17(24-15)14(12-23-25)18(26)27-6-3/h5,8,10-13H,2,4,6-7,9H2,1,3H3/b10-8-. The molecule has 2 aromatic heterocycles. The molecule has 0 spiro atoms. The van der Waals surface area contributed by atoms with Crippen molar-refractivity contribution in [2.45, 2.75) is 45.2 Å². The van der Waals surface area contributed by atoms with Gasteiger partial charge in [0.25, 0.3) is 0 Å². The van der Waals surface area contributed by atoms with Crippen LogP contribution in [0.1, 0.15) is 60.8 Å². The van der Waals surface area contributed by atoms with Crippen molar-refractivity contribution in [3.05, 3.63) is 54.0 Å². The summed E-state index contributed by atoms with van der Waals surface area (Å²) in [5.41, 5.74) is -1.06. The molecular weight excluding hydrogens is 359 g/mol. The maximum atomic E-state index is 13.6. The van der Waals surface area contributed by atoms with Gasteiger partial charge in [0.15, 0.2) is 5.65 Å². The molecule has 8 heteroatoms. The highest BCUT2D eigenvalue weighted by Crippen LogP contribution is 2.33. The summed E-state index contributed by atoms with van der Waals surface area (Å²) in [6, 6.07) is 0.972. The summed E-state index contributed by atoms with van der Waals surface area (Å²) in [4.78, 5) is 16.4. The van der Waals surface area contributed by atoms with E-state index in [9.17, 15) is 18.0 Å². The second kappa shape index (κ2) is 8.83. The SMILES string of the molecule is C=CCC(/C=C\CCC)c1cc(C(F)(F)F)n2ncc(C(=O)OCC)c2n1. The minimum atomic E-state index is -4.65. The van der Waals surface area contributed by atoms with E-state index in [1.54, 1.807) is 13.0 Å². The number of rotatable bonds is 8. The normalized spacial score (nSPS) is 13.2. The molecule has 0 amide bonds. The van der Waals surface area contributed by atoms with Gasteiger partial charge in [0.05, 0.1) is 18.5 Å². The summed E-state index contributed by atoms with van der Waals surface area (Å²) in [6.45, 7) is 7.39. The van der Waals surface area contributed by atoms with Crippen LogP contribution in [0.25, 0.3) is 5.65 Å². The van der Waals surface area contributed by atoms with Gasteiger partial charge in [0.2, 0.25) is 0 Å². The first-order chi connectivity index (χ1) is 12.8. The van der Waals surface area contributed by atoms with Crippen LogP contribution in [0.3, 0.4) is 0 Å². The Kier molecular flexibility index (Phi) is 6.76. The Hall–Kier alpha value is -2.64. The highest BCUT2D eigenvalue weighted by Gasteiger charge is 2.36. The smallest absolute Gasteiger partial charge is 0.433 e. The number of ether oxygens (including phenoxy) is 1. The average Bonchev–Trinajstić information content (AvgIpc) is 3.03. The van der Waals surface area contributed by atoms with Crippen LogP contribution >= 0.6 is 0 Å². The van der Waals surface area contributed by atoms with E-state index in [1.807, 2.05) is 19.1 Å². The number of unbranched alkanes of at least 4 members (excludes halogenated alkanes) is 1. The lowest BCUT2D eigenvalue weighted by molar-refractivity contribution is -0.142. The Morgan fingerprint density at radius 2 is 2.15 bits per heavy atom. The van der Waals surface area contributed by atoms with E-state index < -0.39 is 17.8 Å². The van der Waals surface area contributed by atoms with Gasteiger partial charge in [-0.25, -0.2) is 14.3 Å². The second-order valence-corrected chi connectivity index (χ2v) is 5.93. The predicted molar refractivity (Wildman–Crippen MR) is 95.5 cm³/mol. The Balaban J connectivity index is 2.66. The molecule has 0 aromatic carbocycles. The molecule has 27 heavy (non-hydrogen) atoms. The molecule has 146 valence electrons. The molecule has 0 bridgehead atoms. The van der Waals surface area contributed by atoms with Crippen molar-refractivity contribution >= 4 is 11.6 Å². The van der Waals surface area contributed by atoms with Crippen LogP contribution in [0.15, 0.2) is 37.1 Å². The number of carbonyl (C=O) groups excluding carboxylic acids is 1. The number of halogens is 3. The van der Waals surface area contributed by atoms with Crippen LogP contribution in [0.5, 0.6) is 0 Å². The number of esters is 1. The minimum Gasteiger partial charge on any atom is -0.462 e. The number of fused-ring (bicyclic) bond motifs is 1. The Morgan fingerprint density at radius 3 is 2.74 bits per heavy atom. The molecule has 1 unspecified atom stereocenters. The molecule has 0 aliphatic rings. The summed E-state index contributed by atoms with van der Waals surface area (Å²) in [6.07, 6.45) is 3.91. The molecule has 0 saturated carbocycles. The van der Waals surface area contributed by atoms with Crippen molar-refractivity contribution in [3.63, 3.8) is 0 Å². The van der Waals surface area contributed by atoms with Gasteiger partial charge >= 0.3 is 12.1 Å². The number of allylic oxidation sites excluding steroid dienone is 3. The zero-order valence-corrected chi connectivity index (χ0v) is 15.3. The first-order valence-corrected chi connectivity index (χ1v) is 8.74. The van der Waals surface area contributed by atoms with Gasteiger partial charge in [0.1, 0.15) is 11.3 Å². The summed E-state index contributed by atoms with van der Waals surface area (Å²) in [5.74, 6) is -1.14. The van der Waals surface area contributed by atoms with E-state index in [1.165, 1.54) is 0 Å². The quantitative estimate of drug-likeness (QED) is 0.480. The number of hydrogen-bond donors (Lipinski definition) is 0. The zero-order valence-electron chi connectivity index (χ0n) is 15.3. The number of alkyl halides is 3. The zero-order chi connectivity index (χ0) is 20.0. The highest BCUT2D eigenvalue weighted by molar-refractivity contribution is 5.95. The van der Waals surface area contributed by atoms with Crippen LogP contribution in [-0.4, -0.2) is 27.2 Å². The van der Waals surface area contributed by atoms with E-state index in [-0.39, 0.29) is 29.4 Å². The monoisotopic (exact) mass is 381 g/mol. The molecule has 0 aliphatic heterocycles. The highest BCUT2D eigenvalue weighted by atomic mass is 19.4. The lowest BCUT2D eigenvalue weighted by Crippen LogP contribution is -2.16. The minimum absolute atomic E-state index is 0.0981. The molecule has 5 nitrogen and oxygen atoms in total. The van der Waals surface area contributed by atoms with Gasteiger partial charge in [-0.1, -0.05) is 31.6 Å². The maximum Gasteiger partial charge on any atom is 0.433 e. The van der Waals surface area contributed by atoms with E-state index in [0.29, 0.717) is 10.9 Å². The van der Waals surface area contributed by atoms with Crippen LogP contribution in [0.4, 0.5) is 13.2 Å². The van der Waals surface area contributed by atoms with Crippen molar-refractivity contribution < 1.29 is 22.7 Å². The van der Waals surface area contributed by atoms with Crippen molar-refractivity contribution in [1.82, 2.24) is 14.6 Å². The molecule has 1 atom stereocenters. The van der Waals surface area contributed by atoms with Crippen molar-refractivity contribution in [1.29, 1.82) is 0 Å². The molecular formula is C19H22F3N3O2. The van der Waals surface area contributed by atoms with E-state index in [4.69, 9.17) is 4.74 Å². The van der Waals surface area contributed by atoms with Crippen LogP contribution in [-0.2, 0) is 10.9 Å². The molecule has 0 fully saturated rings. The first kappa shape index (κ1) is 20.7. The first-order valence-electron chi connectivity index (χ1n) is 8.74. The largest absolute Gasteiger partial charge is 0.462 e. The molecule has 0 saturated heterocycles. The van der Waals surface area contributed by atoms with Gasteiger partial charge in [-0.05, 0) is 25.8 Å². The third-order valence-corrected chi connectivity index (χ3v) is 3.90. The van der Waals surface area contributed by atoms with E-state index in [2.05, 4.69) is 16.7 Å².